The van der Waals surface area contributed by atoms with Crippen molar-refractivity contribution in [3.63, 3.8) is 0 Å². The van der Waals surface area contributed by atoms with Crippen molar-refractivity contribution in [2.24, 2.45) is 5.92 Å². The van der Waals surface area contributed by atoms with Crippen molar-refractivity contribution in [3.8, 4) is 0 Å². The van der Waals surface area contributed by atoms with Crippen molar-refractivity contribution < 1.29 is 32.6 Å². The predicted octanol–water partition coefficient (Wildman–Crippen LogP) is 1.56. The highest BCUT2D eigenvalue weighted by molar-refractivity contribution is 5.94. The summed E-state index contributed by atoms with van der Waals surface area (Å²) in [5, 5.41) is 9.02. The number of benzene rings is 1. The molecule has 0 saturated carbocycles. The topological polar surface area (TPSA) is 70.1 Å². The van der Waals surface area contributed by atoms with Gasteiger partial charge in [-0.05, 0) is 24.3 Å². The summed E-state index contributed by atoms with van der Waals surface area (Å²) in [6, 6.07) is 3.80. The Morgan fingerprint density at radius 3 is 2.42 bits per heavy atom. The molecule has 2 heterocycles. The van der Waals surface area contributed by atoms with Gasteiger partial charge in [-0.3, -0.25) is 14.5 Å². The molecule has 6 nitrogen and oxygen atoms in total. The Bertz CT molecular complexity index is 678. The molecule has 1 aromatic carbocycles. The zero-order valence-corrected chi connectivity index (χ0v) is 13.9. The van der Waals surface area contributed by atoms with Crippen molar-refractivity contribution in [2.45, 2.75) is 12.2 Å². The first-order chi connectivity index (χ1) is 12.2. The monoisotopic (exact) mass is 372 g/mol. The normalized spacial score (nSPS) is 24.2. The van der Waals surface area contributed by atoms with Crippen LogP contribution in [0, 0.1) is 5.92 Å². The maximum Gasteiger partial charge on any atom is 0.416 e. The Labute approximate surface area is 148 Å². The molecule has 3 rings (SSSR count). The molecule has 2 bridgehead atoms. The molecule has 2 atom stereocenters. The molecule has 9 heteroatoms. The van der Waals surface area contributed by atoms with E-state index in [2.05, 4.69) is 0 Å². The number of halogens is 3. The highest BCUT2D eigenvalue weighted by Gasteiger charge is 2.37. The van der Waals surface area contributed by atoms with E-state index in [9.17, 15) is 22.8 Å². The van der Waals surface area contributed by atoms with Crippen LogP contribution in [0.15, 0.2) is 24.3 Å². The van der Waals surface area contributed by atoms with Crippen LogP contribution in [0.2, 0.25) is 0 Å². The molecule has 2 saturated heterocycles. The summed E-state index contributed by atoms with van der Waals surface area (Å²) in [6.45, 7) is 1.83. The van der Waals surface area contributed by atoms with Crippen LogP contribution in [0.4, 0.5) is 13.2 Å². The minimum absolute atomic E-state index is 0.0414. The summed E-state index contributed by atoms with van der Waals surface area (Å²) in [5.74, 6) is -1.34. The average Bonchev–Trinajstić information content (AvgIpc) is 2.83. The van der Waals surface area contributed by atoms with Crippen LogP contribution in [-0.2, 0) is 15.7 Å². The fourth-order valence-corrected chi connectivity index (χ4v) is 3.48. The third-order valence-corrected chi connectivity index (χ3v) is 4.62. The van der Waals surface area contributed by atoms with Crippen LogP contribution in [0.5, 0.6) is 0 Å². The van der Waals surface area contributed by atoms with Gasteiger partial charge in [-0.15, -0.1) is 0 Å². The number of amides is 1. The molecule has 0 aliphatic carbocycles. The fourth-order valence-electron chi connectivity index (χ4n) is 3.48. The number of rotatable bonds is 3. The maximum atomic E-state index is 12.8. The Morgan fingerprint density at radius 2 is 1.81 bits per heavy atom. The molecular weight excluding hydrogens is 353 g/mol. The molecule has 2 aliphatic rings. The predicted molar refractivity (Wildman–Crippen MR) is 84.7 cm³/mol. The Balaban J connectivity index is 1.79. The van der Waals surface area contributed by atoms with E-state index in [4.69, 9.17) is 9.84 Å². The molecule has 0 spiro atoms. The average molecular weight is 372 g/mol. The second-order valence-corrected chi connectivity index (χ2v) is 6.68. The molecule has 0 unspecified atom stereocenters. The number of alkyl halides is 3. The van der Waals surface area contributed by atoms with E-state index in [-0.39, 0.29) is 36.6 Å². The van der Waals surface area contributed by atoms with Crippen molar-refractivity contribution >= 4 is 11.9 Å². The minimum Gasteiger partial charge on any atom is -0.480 e. The number of carboxylic acid groups (broad SMARTS) is 1. The van der Waals surface area contributed by atoms with E-state index >= 15 is 0 Å². The number of hydrogen-bond acceptors (Lipinski definition) is 4. The molecule has 142 valence electrons. The lowest BCUT2D eigenvalue weighted by atomic mass is 10.1. The Hall–Kier alpha value is -2.13. The number of aliphatic carboxylic acids is 1. The standard InChI is InChI=1S/C17H19F3N2O4/c18-17(19,20)13-3-1-12(2-4-13)16(25)22-6-11-5-21(8-15(23)24)7-14(22)10-26-9-11/h1-4,11,14H,5-10H2,(H,23,24)/t11-,14-/m0/s1. The summed E-state index contributed by atoms with van der Waals surface area (Å²) in [5.41, 5.74) is -0.630. The maximum absolute atomic E-state index is 12.8. The molecular formula is C17H19F3N2O4. The van der Waals surface area contributed by atoms with Crippen LogP contribution < -0.4 is 0 Å². The summed E-state index contributed by atoms with van der Waals surface area (Å²) in [4.78, 5) is 27.2. The van der Waals surface area contributed by atoms with Crippen molar-refractivity contribution in [2.75, 3.05) is 39.4 Å². The van der Waals surface area contributed by atoms with Crippen molar-refractivity contribution in [3.05, 3.63) is 35.4 Å². The molecule has 1 aromatic rings. The van der Waals surface area contributed by atoms with Gasteiger partial charge < -0.3 is 14.7 Å². The molecule has 2 fully saturated rings. The first kappa shape index (κ1) is 18.7. The van der Waals surface area contributed by atoms with Gasteiger partial charge in [0.25, 0.3) is 5.91 Å². The summed E-state index contributed by atoms with van der Waals surface area (Å²) in [7, 11) is 0. The van der Waals surface area contributed by atoms with E-state index < -0.39 is 17.7 Å². The highest BCUT2D eigenvalue weighted by Crippen LogP contribution is 2.29. The second kappa shape index (κ2) is 7.24. The molecule has 1 N–H and O–H groups in total. The highest BCUT2D eigenvalue weighted by atomic mass is 19.4. The number of carbonyl (C=O) groups is 2. The van der Waals surface area contributed by atoms with E-state index in [1.807, 2.05) is 0 Å². The largest absolute Gasteiger partial charge is 0.480 e. The zero-order valence-electron chi connectivity index (χ0n) is 13.9. The summed E-state index contributed by atoms with van der Waals surface area (Å²) < 4.78 is 43.6. The van der Waals surface area contributed by atoms with Gasteiger partial charge in [0, 0.05) is 31.1 Å². The fraction of sp³-hybridized carbons (Fsp3) is 0.529. The lowest BCUT2D eigenvalue weighted by molar-refractivity contribution is -0.139. The number of carboxylic acids is 1. The molecule has 0 aromatic heterocycles. The lowest BCUT2D eigenvalue weighted by Crippen LogP contribution is -2.47. The summed E-state index contributed by atoms with van der Waals surface area (Å²) >= 11 is 0. The Kier molecular flexibility index (Phi) is 5.19. The molecule has 26 heavy (non-hydrogen) atoms. The number of hydrogen-bond donors (Lipinski definition) is 1. The molecule has 1 amide bonds. The third kappa shape index (κ3) is 4.16. The first-order valence-electron chi connectivity index (χ1n) is 8.24. The van der Waals surface area contributed by atoms with Gasteiger partial charge in [0.05, 0.1) is 31.4 Å². The molecule has 2 aliphatic heterocycles. The zero-order chi connectivity index (χ0) is 18.9. The van der Waals surface area contributed by atoms with Crippen LogP contribution in [-0.4, -0.2) is 72.2 Å². The van der Waals surface area contributed by atoms with Crippen LogP contribution in [0.3, 0.4) is 0 Å². The van der Waals surface area contributed by atoms with Gasteiger partial charge in [0.15, 0.2) is 0 Å². The number of fused-ring (bicyclic) bond motifs is 3. The second-order valence-electron chi connectivity index (χ2n) is 6.68. The summed E-state index contributed by atoms with van der Waals surface area (Å²) in [6.07, 6.45) is -4.45. The van der Waals surface area contributed by atoms with Gasteiger partial charge in [0.1, 0.15) is 0 Å². The van der Waals surface area contributed by atoms with Crippen LogP contribution in [0.1, 0.15) is 15.9 Å². The van der Waals surface area contributed by atoms with Crippen LogP contribution >= 0.6 is 0 Å². The van der Waals surface area contributed by atoms with E-state index in [1.54, 1.807) is 9.80 Å². The van der Waals surface area contributed by atoms with Gasteiger partial charge in [0.2, 0.25) is 0 Å². The number of carbonyl (C=O) groups excluding carboxylic acids is 1. The lowest BCUT2D eigenvalue weighted by Gasteiger charge is -2.30. The third-order valence-electron chi connectivity index (χ3n) is 4.62. The van der Waals surface area contributed by atoms with Gasteiger partial charge in [-0.2, -0.15) is 13.2 Å². The van der Waals surface area contributed by atoms with Crippen molar-refractivity contribution in [1.82, 2.24) is 9.80 Å². The van der Waals surface area contributed by atoms with Gasteiger partial charge >= 0.3 is 12.1 Å². The number of nitrogens with zero attached hydrogens (tertiary/aromatic N) is 2. The van der Waals surface area contributed by atoms with Crippen LogP contribution in [0.25, 0.3) is 0 Å². The quantitative estimate of drug-likeness (QED) is 0.872. The Morgan fingerprint density at radius 1 is 1.12 bits per heavy atom. The number of ether oxygens (including phenoxy) is 1. The van der Waals surface area contributed by atoms with E-state index in [1.165, 1.54) is 12.1 Å². The minimum atomic E-state index is -4.45. The molecule has 0 radical (unpaired) electrons. The smallest absolute Gasteiger partial charge is 0.416 e. The van der Waals surface area contributed by atoms with Gasteiger partial charge in [-0.25, -0.2) is 0 Å². The van der Waals surface area contributed by atoms with Crippen molar-refractivity contribution in [1.29, 1.82) is 0 Å². The SMILES string of the molecule is O=C(O)CN1C[C@@H]2COC[C@H](C1)N(C(=O)c1ccc(C(F)(F)F)cc1)C2. The first-order valence-corrected chi connectivity index (χ1v) is 8.24. The van der Waals surface area contributed by atoms with Gasteiger partial charge in [-0.1, -0.05) is 0 Å². The van der Waals surface area contributed by atoms with E-state index in [0.717, 1.165) is 12.1 Å². The van der Waals surface area contributed by atoms with E-state index in [0.29, 0.717) is 26.2 Å².